The lowest BCUT2D eigenvalue weighted by molar-refractivity contribution is 0.475. The summed E-state index contributed by atoms with van der Waals surface area (Å²) in [7, 11) is 0. The average Bonchev–Trinajstić information content (AvgIpc) is 2.25. The molecule has 0 atom stereocenters. The van der Waals surface area contributed by atoms with E-state index >= 15 is 0 Å². The number of nitrogens with one attached hydrogen (secondary N) is 1. The zero-order chi connectivity index (χ0) is 11.7. The molecule has 2 N–H and O–H groups in total. The van der Waals surface area contributed by atoms with E-state index in [2.05, 4.69) is 25.9 Å². The number of phenols is 1. The molecule has 0 bridgehead atoms. The molecule has 0 unspecified atom stereocenters. The van der Waals surface area contributed by atoms with Crippen LogP contribution >= 0.6 is 15.9 Å². The third kappa shape index (κ3) is 1.99. The lowest BCUT2D eigenvalue weighted by Gasteiger charge is -2.03. The fourth-order valence-electron chi connectivity index (χ4n) is 1.36. The molecule has 2 rings (SSSR count). The first-order valence-electron chi connectivity index (χ1n) is 4.64. The highest BCUT2D eigenvalue weighted by atomic mass is 79.9. The Kier molecular flexibility index (Phi) is 2.78. The van der Waals surface area contributed by atoms with Gasteiger partial charge in [-0.2, -0.15) is 0 Å². The van der Waals surface area contributed by atoms with E-state index in [1.165, 1.54) is 0 Å². The summed E-state index contributed by atoms with van der Waals surface area (Å²) in [5, 5.41) is 9.34. The second kappa shape index (κ2) is 4.09. The summed E-state index contributed by atoms with van der Waals surface area (Å²) in [5.41, 5.74) is 1.06. The van der Waals surface area contributed by atoms with Crippen molar-refractivity contribution in [2.75, 3.05) is 0 Å². The van der Waals surface area contributed by atoms with E-state index in [1.807, 2.05) is 0 Å². The number of H-pyrrole nitrogens is 1. The number of aromatic nitrogens is 2. The van der Waals surface area contributed by atoms with Crippen LogP contribution in [0.5, 0.6) is 5.75 Å². The number of benzene rings is 1. The predicted molar refractivity (Wildman–Crippen MR) is 64.4 cm³/mol. The number of hydrogen-bond acceptors (Lipinski definition) is 3. The molecule has 82 valence electrons. The largest absolute Gasteiger partial charge is 0.508 e. The van der Waals surface area contributed by atoms with Gasteiger partial charge in [-0.3, -0.25) is 4.79 Å². The Morgan fingerprint density at radius 1 is 1.44 bits per heavy atom. The van der Waals surface area contributed by atoms with Gasteiger partial charge in [0.05, 0.1) is 5.69 Å². The quantitative estimate of drug-likeness (QED) is 0.842. The highest BCUT2D eigenvalue weighted by molar-refractivity contribution is 9.10. The molecule has 0 aliphatic carbocycles. The first kappa shape index (κ1) is 10.9. The Balaban J connectivity index is 2.61. The van der Waals surface area contributed by atoms with Gasteiger partial charge in [0.25, 0.3) is 5.56 Å². The van der Waals surface area contributed by atoms with Crippen LogP contribution in [0, 0.1) is 6.92 Å². The van der Waals surface area contributed by atoms with Gasteiger partial charge in [0.15, 0.2) is 0 Å². The molecule has 16 heavy (non-hydrogen) atoms. The van der Waals surface area contributed by atoms with Gasteiger partial charge >= 0.3 is 0 Å². The zero-order valence-corrected chi connectivity index (χ0v) is 10.1. The van der Waals surface area contributed by atoms with E-state index < -0.39 is 0 Å². The van der Waals surface area contributed by atoms with Crippen LogP contribution in [0.3, 0.4) is 0 Å². The monoisotopic (exact) mass is 280 g/mol. The topological polar surface area (TPSA) is 66.0 Å². The highest BCUT2D eigenvalue weighted by Crippen LogP contribution is 2.20. The predicted octanol–water partition coefficient (Wildman–Crippen LogP) is 2.21. The van der Waals surface area contributed by atoms with Crippen molar-refractivity contribution in [1.82, 2.24) is 9.97 Å². The van der Waals surface area contributed by atoms with Crippen molar-refractivity contribution in [3.8, 4) is 17.1 Å². The number of nitrogens with zero attached hydrogens (tertiary/aromatic N) is 1. The molecule has 0 saturated heterocycles. The standard InChI is InChI=1S/C11H9BrN2O2/c1-6-9(12)11(16)14-10(13-6)7-3-2-4-8(15)5-7/h2-5,15H,1H3,(H,13,14,16). The number of aromatic amines is 1. The fourth-order valence-corrected chi connectivity index (χ4v) is 1.55. The molecule has 0 saturated carbocycles. The molecule has 1 aromatic carbocycles. The Bertz CT molecular complexity index is 593. The molecule has 0 fully saturated rings. The molecule has 0 spiro atoms. The van der Waals surface area contributed by atoms with Crippen LogP contribution in [0.15, 0.2) is 33.5 Å². The van der Waals surface area contributed by atoms with Gasteiger partial charge in [-0.15, -0.1) is 0 Å². The second-order valence-electron chi connectivity index (χ2n) is 3.36. The molecule has 0 amide bonds. The molecule has 4 nitrogen and oxygen atoms in total. The normalized spacial score (nSPS) is 10.4. The van der Waals surface area contributed by atoms with Gasteiger partial charge in [-0.25, -0.2) is 4.98 Å². The van der Waals surface area contributed by atoms with Gasteiger partial charge in [0, 0.05) is 5.56 Å². The maximum Gasteiger partial charge on any atom is 0.265 e. The van der Waals surface area contributed by atoms with Gasteiger partial charge < -0.3 is 10.1 Å². The van der Waals surface area contributed by atoms with Crippen LogP contribution in [0.2, 0.25) is 0 Å². The van der Waals surface area contributed by atoms with Crippen molar-refractivity contribution in [2.24, 2.45) is 0 Å². The van der Waals surface area contributed by atoms with Crippen molar-refractivity contribution in [3.63, 3.8) is 0 Å². The Morgan fingerprint density at radius 3 is 2.81 bits per heavy atom. The van der Waals surface area contributed by atoms with Crippen LogP contribution in [-0.4, -0.2) is 15.1 Å². The van der Waals surface area contributed by atoms with Crippen molar-refractivity contribution < 1.29 is 5.11 Å². The van der Waals surface area contributed by atoms with Crippen molar-refractivity contribution in [3.05, 3.63) is 44.8 Å². The highest BCUT2D eigenvalue weighted by Gasteiger charge is 2.07. The van der Waals surface area contributed by atoms with Crippen LogP contribution in [0.25, 0.3) is 11.4 Å². The molecule has 0 aliphatic rings. The minimum absolute atomic E-state index is 0.140. The lowest BCUT2D eigenvalue weighted by atomic mass is 10.2. The molecule has 1 heterocycles. The second-order valence-corrected chi connectivity index (χ2v) is 4.16. The molecular formula is C11H9BrN2O2. The minimum Gasteiger partial charge on any atom is -0.508 e. The van der Waals surface area contributed by atoms with E-state index in [4.69, 9.17) is 0 Å². The van der Waals surface area contributed by atoms with Gasteiger partial charge in [-0.1, -0.05) is 12.1 Å². The van der Waals surface area contributed by atoms with Crippen LogP contribution in [0.1, 0.15) is 5.69 Å². The minimum atomic E-state index is -0.231. The SMILES string of the molecule is Cc1nc(-c2cccc(O)c2)[nH]c(=O)c1Br. The third-order valence-electron chi connectivity index (χ3n) is 2.15. The van der Waals surface area contributed by atoms with Gasteiger partial charge in [-0.05, 0) is 35.0 Å². The summed E-state index contributed by atoms with van der Waals surface area (Å²) in [6.45, 7) is 1.74. The number of hydrogen-bond donors (Lipinski definition) is 2. The summed E-state index contributed by atoms with van der Waals surface area (Å²) >= 11 is 3.14. The van der Waals surface area contributed by atoms with Crippen molar-refractivity contribution >= 4 is 15.9 Å². The average molecular weight is 281 g/mol. The zero-order valence-electron chi connectivity index (χ0n) is 8.49. The summed E-state index contributed by atoms with van der Waals surface area (Å²) in [6, 6.07) is 6.58. The van der Waals surface area contributed by atoms with Crippen LogP contribution < -0.4 is 5.56 Å². The van der Waals surface area contributed by atoms with Gasteiger partial charge in [0.2, 0.25) is 0 Å². The van der Waals surface area contributed by atoms with E-state index in [-0.39, 0.29) is 11.3 Å². The number of halogens is 1. The Hall–Kier alpha value is -1.62. The lowest BCUT2D eigenvalue weighted by Crippen LogP contribution is -2.11. The maximum absolute atomic E-state index is 11.5. The summed E-state index contributed by atoms with van der Waals surface area (Å²) in [5.74, 6) is 0.585. The van der Waals surface area contributed by atoms with E-state index in [0.717, 1.165) is 0 Å². The van der Waals surface area contributed by atoms with E-state index in [0.29, 0.717) is 21.6 Å². The summed E-state index contributed by atoms with van der Waals surface area (Å²) in [6.07, 6.45) is 0. The molecule has 2 aromatic rings. The third-order valence-corrected chi connectivity index (χ3v) is 3.08. The van der Waals surface area contributed by atoms with Crippen LogP contribution in [0.4, 0.5) is 0 Å². The first-order valence-corrected chi connectivity index (χ1v) is 5.43. The Labute approximate surface area is 100 Å². The maximum atomic E-state index is 11.5. The summed E-state index contributed by atoms with van der Waals surface area (Å²) < 4.78 is 0.427. The molecule has 0 radical (unpaired) electrons. The fraction of sp³-hybridized carbons (Fsp3) is 0.0909. The van der Waals surface area contributed by atoms with E-state index in [9.17, 15) is 9.90 Å². The number of rotatable bonds is 1. The molecule has 5 heteroatoms. The molecule has 1 aromatic heterocycles. The Morgan fingerprint density at radius 2 is 2.19 bits per heavy atom. The van der Waals surface area contributed by atoms with Crippen molar-refractivity contribution in [2.45, 2.75) is 6.92 Å². The van der Waals surface area contributed by atoms with Crippen molar-refractivity contribution in [1.29, 1.82) is 0 Å². The van der Waals surface area contributed by atoms with E-state index in [1.54, 1.807) is 31.2 Å². The smallest absolute Gasteiger partial charge is 0.265 e. The summed E-state index contributed by atoms with van der Waals surface area (Å²) in [4.78, 5) is 18.4. The van der Waals surface area contributed by atoms with Crippen LogP contribution in [-0.2, 0) is 0 Å². The molecule has 0 aliphatic heterocycles. The number of aryl methyl sites for hydroxylation is 1. The molecular weight excluding hydrogens is 272 g/mol. The number of phenolic OH excluding ortho intramolecular Hbond substituents is 1. The first-order chi connectivity index (χ1) is 7.58. The number of aromatic hydroxyl groups is 1. The van der Waals surface area contributed by atoms with Gasteiger partial charge in [0.1, 0.15) is 16.0 Å².